The molecule has 0 amide bonds. The molecule has 4 nitrogen and oxygen atoms in total. The van der Waals surface area contributed by atoms with E-state index in [2.05, 4.69) is 10.2 Å². The zero-order chi connectivity index (χ0) is 8.48. The first-order valence-corrected chi connectivity index (χ1v) is 4.10. The summed E-state index contributed by atoms with van der Waals surface area (Å²) in [4.78, 5) is -0.493. The van der Waals surface area contributed by atoms with E-state index < -0.39 is 20.5 Å². The molecule has 1 N–H and O–H groups in total. The number of aromatic amines is 1. The van der Waals surface area contributed by atoms with Gasteiger partial charge in [0.05, 0.1) is 6.20 Å². The first-order valence-electron chi connectivity index (χ1n) is 2.56. The van der Waals surface area contributed by atoms with Crippen LogP contribution in [0.4, 0.5) is 8.78 Å². The molecule has 1 aromatic rings. The largest absolute Gasteiger partial charge is 0.341 e. The second kappa shape index (κ2) is 2.57. The summed E-state index contributed by atoms with van der Waals surface area (Å²) in [6.07, 6.45) is 1.74. The molecule has 11 heavy (non-hydrogen) atoms. The molecular formula is C4H4F2N2O2S. The van der Waals surface area contributed by atoms with Crippen molar-refractivity contribution in [2.45, 2.75) is 10.7 Å². The van der Waals surface area contributed by atoms with Gasteiger partial charge in [-0.25, -0.2) is 8.42 Å². The van der Waals surface area contributed by atoms with Gasteiger partial charge in [-0.2, -0.15) is 13.9 Å². The first-order chi connectivity index (χ1) is 5.05. The first kappa shape index (κ1) is 8.12. The fraction of sp³-hybridized carbons (Fsp3) is 0.250. The summed E-state index contributed by atoms with van der Waals surface area (Å²) >= 11 is 0. The molecule has 0 aromatic carbocycles. The van der Waals surface area contributed by atoms with Gasteiger partial charge in [0.15, 0.2) is 0 Å². The third-order valence-electron chi connectivity index (χ3n) is 1.04. The lowest BCUT2D eigenvalue weighted by molar-refractivity contribution is 0.234. The van der Waals surface area contributed by atoms with Crippen LogP contribution in [0.5, 0.6) is 0 Å². The summed E-state index contributed by atoms with van der Waals surface area (Å²) < 4.78 is 44.7. The van der Waals surface area contributed by atoms with Crippen molar-refractivity contribution in [1.29, 1.82) is 0 Å². The molecular weight excluding hydrogens is 178 g/mol. The number of halogens is 2. The molecule has 1 rings (SSSR count). The normalized spacial score (nSPS) is 12.3. The van der Waals surface area contributed by atoms with Gasteiger partial charge in [-0.05, 0) is 0 Å². The minimum atomic E-state index is -4.46. The van der Waals surface area contributed by atoms with Crippen LogP contribution >= 0.6 is 0 Å². The van der Waals surface area contributed by atoms with E-state index in [1.54, 1.807) is 0 Å². The van der Waals surface area contributed by atoms with Crippen LogP contribution in [-0.4, -0.2) is 24.4 Å². The summed E-state index contributed by atoms with van der Waals surface area (Å²) in [6.45, 7) is 0. The Hall–Kier alpha value is -0.980. The fourth-order valence-electron chi connectivity index (χ4n) is 0.498. The molecule has 0 saturated heterocycles. The Morgan fingerprint density at radius 1 is 1.55 bits per heavy atom. The van der Waals surface area contributed by atoms with Crippen LogP contribution in [-0.2, 0) is 9.84 Å². The molecule has 0 saturated carbocycles. The maximum atomic E-state index is 11.7. The van der Waals surface area contributed by atoms with Crippen molar-refractivity contribution in [3.63, 3.8) is 0 Å². The second-order valence-corrected chi connectivity index (χ2v) is 3.66. The van der Waals surface area contributed by atoms with Crippen molar-refractivity contribution < 1.29 is 17.2 Å². The van der Waals surface area contributed by atoms with E-state index >= 15 is 0 Å². The summed E-state index contributed by atoms with van der Waals surface area (Å²) in [5.41, 5.74) is 0. The van der Waals surface area contributed by atoms with Crippen molar-refractivity contribution in [3.05, 3.63) is 12.4 Å². The molecule has 62 valence electrons. The van der Waals surface area contributed by atoms with Gasteiger partial charge in [0.1, 0.15) is 4.90 Å². The van der Waals surface area contributed by atoms with Gasteiger partial charge >= 0.3 is 5.76 Å². The molecule has 1 heterocycles. The van der Waals surface area contributed by atoms with Gasteiger partial charge in [0, 0.05) is 6.20 Å². The predicted octanol–water partition coefficient (Wildman–Crippen LogP) is 0.406. The number of rotatable bonds is 2. The van der Waals surface area contributed by atoms with Gasteiger partial charge in [0.25, 0.3) is 0 Å². The van der Waals surface area contributed by atoms with E-state index in [0.29, 0.717) is 0 Å². The van der Waals surface area contributed by atoms with Crippen LogP contribution in [0.25, 0.3) is 0 Å². The summed E-state index contributed by atoms with van der Waals surface area (Å²) in [5, 5.41) is 5.36. The van der Waals surface area contributed by atoms with Crippen molar-refractivity contribution in [1.82, 2.24) is 10.2 Å². The molecule has 0 aliphatic heterocycles. The lowest BCUT2D eigenvalue weighted by Crippen LogP contribution is -2.10. The maximum Gasteiger partial charge on any atom is 0.341 e. The predicted molar refractivity (Wildman–Crippen MR) is 31.8 cm³/mol. The van der Waals surface area contributed by atoms with Crippen LogP contribution in [0.3, 0.4) is 0 Å². The highest BCUT2D eigenvalue weighted by Gasteiger charge is 2.26. The van der Waals surface area contributed by atoms with Crippen LogP contribution in [0.1, 0.15) is 0 Å². The number of alkyl halides is 2. The number of aromatic nitrogens is 2. The smallest absolute Gasteiger partial charge is 0.284 e. The number of H-pyrrole nitrogens is 1. The zero-order valence-corrected chi connectivity index (χ0v) is 5.98. The lowest BCUT2D eigenvalue weighted by atomic mass is 10.7. The van der Waals surface area contributed by atoms with Crippen molar-refractivity contribution in [2.75, 3.05) is 0 Å². The highest BCUT2D eigenvalue weighted by Crippen LogP contribution is 2.15. The number of hydrogen-bond donors (Lipinski definition) is 1. The minimum absolute atomic E-state index is 0.493. The Bertz CT molecular complexity index is 318. The van der Waals surface area contributed by atoms with E-state index in [4.69, 9.17) is 0 Å². The third kappa shape index (κ3) is 1.37. The number of nitrogens with one attached hydrogen (secondary N) is 1. The quantitative estimate of drug-likeness (QED) is 0.720. The maximum absolute atomic E-state index is 11.7. The zero-order valence-electron chi connectivity index (χ0n) is 5.16. The molecule has 0 atom stereocenters. The molecule has 0 fully saturated rings. The SMILES string of the molecule is O=S(=O)(c1cn[nH]c1)C(F)F. The van der Waals surface area contributed by atoms with Gasteiger partial charge in [-0.15, -0.1) is 0 Å². The van der Waals surface area contributed by atoms with E-state index in [0.717, 1.165) is 12.4 Å². The monoisotopic (exact) mass is 182 g/mol. The van der Waals surface area contributed by atoms with Gasteiger partial charge < -0.3 is 0 Å². The molecule has 0 aliphatic carbocycles. The van der Waals surface area contributed by atoms with Crippen LogP contribution in [0, 0.1) is 0 Å². The van der Waals surface area contributed by atoms with Gasteiger partial charge in [0.2, 0.25) is 9.84 Å². The van der Waals surface area contributed by atoms with Crippen LogP contribution in [0.2, 0.25) is 0 Å². The highest BCUT2D eigenvalue weighted by atomic mass is 32.2. The Balaban J connectivity index is 3.12. The Morgan fingerprint density at radius 3 is 2.55 bits per heavy atom. The van der Waals surface area contributed by atoms with Crippen LogP contribution < -0.4 is 0 Å². The average molecular weight is 182 g/mol. The topological polar surface area (TPSA) is 62.8 Å². The lowest BCUT2D eigenvalue weighted by Gasteiger charge is -1.96. The molecule has 0 aliphatic rings. The molecule has 0 radical (unpaired) electrons. The fourth-order valence-corrected chi connectivity index (χ4v) is 1.12. The van der Waals surface area contributed by atoms with Crippen molar-refractivity contribution >= 4 is 9.84 Å². The highest BCUT2D eigenvalue weighted by molar-refractivity contribution is 7.91. The van der Waals surface area contributed by atoms with Crippen LogP contribution in [0.15, 0.2) is 17.3 Å². The number of sulfone groups is 1. The number of hydrogen-bond acceptors (Lipinski definition) is 3. The molecule has 0 unspecified atom stereocenters. The molecule has 1 aromatic heterocycles. The molecule has 0 bridgehead atoms. The van der Waals surface area contributed by atoms with Gasteiger partial charge in [-0.3, -0.25) is 5.10 Å². The van der Waals surface area contributed by atoms with Crippen molar-refractivity contribution in [3.8, 4) is 0 Å². The Morgan fingerprint density at radius 2 is 2.18 bits per heavy atom. The summed E-state index contributed by atoms with van der Waals surface area (Å²) in [7, 11) is -4.46. The summed E-state index contributed by atoms with van der Waals surface area (Å²) in [5.74, 6) is -3.39. The molecule has 0 spiro atoms. The third-order valence-corrected chi connectivity index (χ3v) is 2.39. The van der Waals surface area contributed by atoms with E-state index in [9.17, 15) is 17.2 Å². The van der Waals surface area contributed by atoms with Crippen molar-refractivity contribution in [2.24, 2.45) is 0 Å². The summed E-state index contributed by atoms with van der Waals surface area (Å²) in [6, 6.07) is 0. The minimum Gasteiger partial charge on any atom is -0.284 e. The van der Waals surface area contributed by atoms with E-state index in [-0.39, 0.29) is 0 Å². The van der Waals surface area contributed by atoms with E-state index in [1.165, 1.54) is 0 Å². The average Bonchev–Trinajstić information content (AvgIpc) is 2.37. The Labute approximate surface area is 61.2 Å². The second-order valence-electron chi connectivity index (χ2n) is 1.74. The molecule has 7 heteroatoms. The van der Waals surface area contributed by atoms with E-state index in [1.807, 2.05) is 0 Å². The number of nitrogens with zero attached hydrogens (tertiary/aromatic N) is 1. The van der Waals surface area contributed by atoms with Gasteiger partial charge in [-0.1, -0.05) is 0 Å². The Kier molecular flexibility index (Phi) is 1.90. The standard InChI is InChI=1S/C4H4F2N2O2S/c5-4(6)11(9,10)3-1-7-8-2-3/h1-2,4H,(H,7,8).